The minimum absolute atomic E-state index is 0.267. The van der Waals surface area contributed by atoms with E-state index in [1.807, 2.05) is 6.07 Å². The summed E-state index contributed by atoms with van der Waals surface area (Å²) < 4.78 is 0. The maximum atomic E-state index is 9.71. The first-order valence-electron chi connectivity index (χ1n) is 7.46. The zero-order chi connectivity index (χ0) is 13.8. The molecule has 20 heavy (non-hydrogen) atoms. The first-order valence-corrected chi connectivity index (χ1v) is 7.46. The van der Waals surface area contributed by atoms with Crippen molar-refractivity contribution in [2.24, 2.45) is 0 Å². The highest BCUT2D eigenvalue weighted by Gasteiger charge is 2.43. The van der Waals surface area contributed by atoms with E-state index in [1.165, 1.54) is 5.56 Å². The predicted octanol–water partition coefficient (Wildman–Crippen LogP) is 1.06. The van der Waals surface area contributed by atoms with Crippen molar-refractivity contribution in [1.82, 2.24) is 15.1 Å². The van der Waals surface area contributed by atoms with Crippen LogP contribution in [0, 0.1) is 11.3 Å². The molecule has 4 nitrogen and oxygen atoms in total. The van der Waals surface area contributed by atoms with Gasteiger partial charge in [-0.2, -0.15) is 5.26 Å². The molecule has 1 aromatic rings. The number of hydrogen-bond donors (Lipinski definition) is 1. The summed E-state index contributed by atoms with van der Waals surface area (Å²) in [6.45, 7) is 6.84. The van der Waals surface area contributed by atoms with Crippen molar-refractivity contribution in [3.05, 3.63) is 35.9 Å². The fraction of sp³-hybridized carbons (Fsp3) is 0.562. The van der Waals surface area contributed by atoms with E-state index in [1.54, 1.807) is 0 Å². The zero-order valence-electron chi connectivity index (χ0n) is 11.9. The van der Waals surface area contributed by atoms with E-state index in [4.69, 9.17) is 0 Å². The average Bonchev–Trinajstić information content (AvgIpc) is 2.94. The van der Waals surface area contributed by atoms with E-state index >= 15 is 0 Å². The highest BCUT2D eigenvalue weighted by molar-refractivity contribution is 5.18. The van der Waals surface area contributed by atoms with Crippen molar-refractivity contribution in [2.75, 3.05) is 39.3 Å². The van der Waals surface area contributed by atoms with Gasteiger partial charge < -0.3 is 5.32 Å². The quantitative estimate of drug-likeness (QED) is 0.892. The van der Waals surface area contributed by atoms with Crippen LogP contribution >= 0.6 is 0 Å². The van der Waals surface area contributed by atoms with E-state index in [0.29, 0.717) is 0 Å². The summed E-state index contributed by atoms with van der Waals surface area (Å²) in [4.78, 5) is 4.80. The zero-order valence-corrected chi connectivity index (χ0v) is 11.9. The number of nitriles is 1. The Labute approximate surface area is 121 Å². The van der Waals surface area contributed by atoms with Gasteiger partial charge in [-0.25, -0.2) is 0 Å². The van der Waals surface area contributed by atoms with Gasteiger partial charge in [0.15, 0.2) is 0 Å². The lowest BCUT2D eigenvalue weighted by Crippen LogP contribution is -2.56. The summed E-state index contributed by atoms with van der Waals surface area (Å²) in [5.74, 6) is 0. The Morgan fingerprint density at radius 1 is 1.15 bits per heavy atom. The van der Waals surface area contributed by atoms with Crippen LogP contribution < -0.4 is 5.32 Å². The molecule has 1 unspecified atom stereocenters. The number of likely N-dealkylation sites (tertiary alicyclic amines) is 1. The lowest BCUT2D eigenvalue weighted by atomic mass is 9.97. The van der Waals surface area contributed by atoms with Crippen molar-refractivity contribution in [3.63, 3.8) is 0 Å². The molecule has 0 radical (unpaired) electrons. The van der Waals surface area contributed by atoms with Crippen LogP contribution in [0.5, 0.6) is 0 Å². The van der Waals surface area contributed by atoms with Gasteiger partial charge in [0.2, 0.25) is 0 Å². The highest BCUT2D eigenvalue weighted by Crippen LogP contribution is 2.28. The van der Waals surface area contributed by atoms with Crippen LogP contribution in [-0.4, -0.2) is 54.6 Å². The molecule has 0 aromatic heterocycles. The van der Waals surface area contributed by atoms with Gasteiger partial charge in [-0.15, -0.1) is 0 Å². The van der Waals surface area contributed by atoms with Crippen molar-refractivity contribution in [2.45, 2.75) is 18.5 Å². The number of hydrogen-bond acceptors (Lipinski definition) is 4. The Kier molecular flexibility index (Phi) is 4.02. The van der Waals surface area contributed by atoms with Crippen molar-refractivity contribution < 1.29 is 0 Å². The summed E-state index contributed by atoms with van der Waals surface area (Å²) in [5.41, 5.74) is 1.07. The van der Waals surface area contributed by atoms with Crippen LogP contribution in [0.1, 0.15) is 12.0 Å². The van der Waals surface area contributed by atoms with Crippen LogP contribution in [0.15, 0.2) is 30.3 Å². The summed E-state index contributed by atoms with van der Waals surface area (Å²) in [7, 11) is 0. The van der Waals surface area contributed by atoms with Crippen LogP contribution in [0.2, 0.25) is 0 Å². The van der Waals surface area contributed by atoms with Gasteiger partial charge in [-0.3, -0.25) is 9.80 Å². The van der Waals surface area contributed by atoms with Gasteiger partial charge in [0.05, 0.1) is 6.07 Å². The molecule has 3 rings (SSSR count). The van der Waals surface area contributed by atoms with Crippen LogP contribution in [0.3, 0.4) is 0 Å². The first kappa shape index (κ1) is 13.6. The first-order chi connectivity index (χ1) is 9.82. The molecule has 0 spiro atoms. The second-order valence-electron chi connectivity index (χ2n) is 5.83. The molecule has 2 saturated heterocycles. The smallest absolute Gasteiger partial charge is 0.123 e. The van der Waals surface area contributed by atoms with Gasteiger partial charge in [0.25, 0.3) is 0 Å². The van der Waals surface area contributed by atoms with E-state index in [9.17, 15) is 5.26 Å². The Hall–Kier alpha value is -1.41. The second-order valence-corrected chi connectivity index (χ2v) is 5.83. The predicted molar refractivity (Wildman–Crippen MR) is 79.1 cm³/mol. The highest BCUT2D eigenvalue weighted by atomic mass is 15.3. The average molecular weight is 270 g/mol. The summed E-state index contributed by atoms with van der Waals surface area (Å²) >= 11 is 0. The molecule has 1 aromatic carbocycles. The van der Waals surface area contributed by atoms with Gasteiger partial charge in [-0.05, 0) is 12.0 Å². The Morgan fingerprint density at radius 2 is 1.90 bits per heavy atom. The molecule has 0 bridgehead atoms. The molecule has 106 valence electrons. The fourth-order valence-corrected chi connectivity index (χ4v) is 3.36. The van der Waals surface area contributed by atoms with Crippen LogP contribution in [0.4, 0.5) is 0 Å². The van der Waals surface area contributed by atoms with Crippen molar-refractivity contribution >= 4 is 0 Å². The molecule has 0 saturated carbocycles. The van der Waals surface area contributed by atoms with E-state index in [2.05, 4.69) is 45.5 Å². The van der Waals surface area contributed by atoms with Crippen LogP contribution in [-0.2, 0) is 6.54 Å². The largest absolute Gasteiger partial charge is 0.314 e. The third-order valence-electron chi connectivity index (χ3n) is 4.51. The summed E-state index contributed by atoms with van der Waals surface area (Å²) in [5, 5.41) is 13.1. The number of rotatable bonds is 3. The molecule has 0 amide bonds. The van der Waals surface area contributed by atoms with Gasteiger partial charge in [0.1, 0.15) is 5.54 Å². The normalized spacial score (nSPS) is 28.4. The van der Waals surface area contributed by atoms with Gasteiger partial charge >= 0.3 is 0 Å². The number of piperazine rings is 1. The van der Waals surface area contributed by atoms with Crippen molar-refractivity contribution in [3.8, 4) is 6.07 Å². The minimum Gasteiger partial charge on any atom is -0.314 e. The third kappa shape index (κ3) is 2.71. The standard InChI is InChI=1S/C16H22N4/c17-13-16(20-10-7-18-8-11-20)6-9-19(14-16)12-15-4-2-1-3-5-15/h1-5,18H,6-12,14H2. The molecular weight excluding hydrogens is 248 g/mol. The lowest BCUT2D eigenvalue weighted by molar-refractivity contribution is 0.121. The molecule has 1 N–H and O–H groups in total. The summed E-state index contributed by atoms with van der Waals surface area (Å²) in [6, 6.07) is 13.2. The topological polar surface area (TPSA) is 42.3 Å². The Balaban J connectivity index is 1.66. The number of nitrogens with zero attached hydrogens (tertiary/aromatic N) is 3. The minimum atomic E-state index is -0.267. The second kappa shape index (κ2) is 5.92. The molecule has 0 aliphatic carbocycles. The molecule has 2 aliphatic heterocycles. The molecule has 2 aliphatic rings. The maximum Gasteiger partial charge on any atom is 0.123 e. The van der Waals surface area contributed by atoms with Crippen molar-refractivity contribution in [1.29, 1.82) is 5.26 Å². The van der Waals surface area contributed by atoms with E-state index < -0.39 is 0 Å². The monoisotopic (exact) mass is 270 g/mol. The lowest BCUT2D eigenvalue weighted by Gasteiger charge is -2.38. The van der Waals surface area contributed by atoms with E-state index in [-0.39, 0.29) is 5.54 Å². The number of nitrogens with one attached hydrogen (secondary N) is 1. The molecular formula is C16H22N4. The third-order valence-corrected chi connectivity index (χ3v) is 4.51. The van der Waals surface area contributed by atoms with Gasteiger partial charge in [0, 0.05) is 45.8 Å². The fourth-order valence-electron chi connectivity index (χ4n) is 3.36. The molecule has 1 atom stereocenters. The van der Waals surface area contributed by atoms with Gasteiger partial charge in [-0.1, -0.05) is 30.3 Å². The Bertz CT molecular complexity index is 475. The number of benzene rings is 1. The molecule has 4 heteroatoms. The molecule has 2 heterocycles. The SMILES string of the molecule is N#CC1(N2CCNCC2)CCN(Cc2ccccc2)C1. The summed E-state index contributed by atoms with van der Waals surface area (Å²) in [6.07, 6.45) is 0.969. The Morgan fingerprint density at radius 3 is 2.60 bits per heavy atom. The maximum absolute atomic E-state index is 9.71. The molecule has 2 fully saturated rings. The van der Waals surface area contributed by atoms with E-state index in [0.717, 1.165) is 52.2 Å². The van der Waals surface area contributed by atoms with Crippen LogP contribution in [0.25, 0.3) is 0 Å².